The van der Waals surface area contributed by atoms with E-state index in [0.717, 1.165) is 0 Å². The van der Waals surface area contributed by atoms with Gasteiger partial charge in [-0.15, -0.1) is 0 Å². The summed E-state index contributed by atoms with van der Waals surface area (Å²) in [6, 6.07) is 8.92. The van der Waals surface area contributed by atoms with E-state index < -0.39 is 36.8 Å². The number of rotatable bonds is 4. The minimum absolute atomic E-state index is 0.210. The average molecular weight is 285 g/mol. The summed E-state index contributed by atoms with van der Waals surface area (Å²) in [5.74, 6) is -2.11. The number of hydrogen-bond donors (Lipinski definition) is 6. The first-order chi connectivity index (χ1) is 9.48. The van der Waals surface area contributed by atoms with Gasteiger partial charge in [0, 0.05) is 5.69 Å². The van der Waals surface area contributed by atoms with Crippen LogP contribution in [0.25, 0.3) is 0 Å². The highest BCUT2D eigenvalue weighted by molar-refractivity contribution is 5.42. The van der Waals surface area contributed by atoms with Crippen LogP contribution in [0, 0.1) is 0 Å². The Labute approximate surface area is 116 Å². The molecule has 1 aromatic rings. The fourth-order valence-corrected chi connectivity index (χ4v) is 2.15. The van der Waals surface area contributed by atoms with E-state index in [1.807, 2.05) is 6.07 Å². The first-order valence-electron chi connectivity index (χ1n) is 6.32. The molecule has 0 radical (unpaired) electrons. The van der Waals surface area contributed by atoms with Gasteiger partial charge < -0.3 is 35.6 Å². The molecule has 0 unspecified atom stereocenters. The van der Waals surface area contributed by atoms with Gasteiger partial charge in [-0.2, -0.15) is 0 Å². The third-order valence-electron chi connectivity index (χ3n) is 3.37. The van der Waals surface area contributed by atoms with Crippen LogP contribution in [0.4, 0.5) is 5.69 Å². The molecule has 0 amide bonds. The Bertz CT molecular complexity index is 428. The summed E-state index contributed by atoms with van der Waals surface area (Å²) in [4.78, 5) is 0. The number of nitrogens with one attached hydrogen (secondary N) is 1. The van der Waals surface area contributed by atoms with Gasteiger partial charge in [-0.3, -0.25) is 0 Å². The molecule has 6 N–H and O–H groups in total. The highest BCUT2D eigenvalue weighted by atomic mass is 16.7. The van der Waals surface area contributed by atoms with Crippen molar-refractivity contribution in [2.45, 2.75) is 30.2 Å². The van der Waals surface area contributed by atoms with Crippen molar-refractivity contribution < 1.29 is 30.3 Å². The van der Waals surface area contributed by atoms with Gasteiger partial charge in [-0.1, -0.05) is 18.2 Å². The lowest BCUT2D eigenvalue weighted by molar-refractivity contribution is -0.342. The molecule has 0 aromatic heterocycles. The lowest BCUT2D eigenvalue weighted by Gasteiger charge is -2.45. The Balaban J connectivity index is 2.07. The van der Waals surface area contributed by atoms with E-state index in [1.165, 1.54) is 0 Å². The largest absolute Gasteiger partial charge is 0.394 e. The van der Waals surface area contributed by atoms with Crippen LogP contribution in [-0.2, 0) is 4.74 Å². The SMILES string of the molecule is OC[C@H]1O[C@@](O)(CNc2ccccc2)[C@@H](O)[C@@H](O)[C@@H]1O. The van der Waals surface area contributed by atoms with E-state index in [0.29, 0.717) is 5.69 Å². The van der Waals surface area contributed by atoms with Crippen molar-refractivity contribution >= 4 is 5.69 Å². The number of benzene rings is 1. The van der Waals surface area contributed by atoms with Crippen LogP contribution in [0.15, 0.2) is 30.3 Å². The van der Waals surface area contributed by atoms with E-state index >= 15 is 0 Å². The van der Waals surface area contributed by atoms with Crippen LogP contribution in [0.5, 0.6) is 0 Å². The minimum atomic E-state index is -2.11. The van der Waals surface area contributed by atoms with E-state index in [2.05, 4.69) is 5.32 Å². The molecule has 1 aromatic carbocycles. The van der Waals surface area contributed by atoms with Crippen molar-refractivity contribution in [2.24, 2.45) is 0 Å². The van der Waals surface area contributed by atoms with Crippen LogP contribution in [-0.4, -0.2) is 68.9 Å². The molecule has 7 nitrogen and oxygen atoms in total. The molecule has 0 spiro atoms. The Kier molecular flexibility index (Phi) is 4.59. The summed E-state index contributed by atoms with van der Waals surface area (Å²) in [6.07, 6.45) is -5.94. The molecule has 112 valence electrons. The predicted octanol–water partition coefficient (Wildman–Crippen LogP) is -1.74. The second-order valence-corrected chi connectivity index (χ2v) is 4.83. The molecule has 1 aliphatic rings. The van der Waals surface area contributed by atoms with Gasteiger partial charge in [0.2, 0.25) is 5.79 Å². The summed E-state index contributed by atoms with van der Waals surface area (Å²) >= 11 is 0. The van der Waals surface area contributed by atoms with Gasteiger partial charge in [0.25, 0.3) is 0 Å². The Morgan fingerprint density at radius 2 is 1.75 bits per heavy atom. The van der Waals surface area contributed by atoms with Crippen molar-refractivity contribution in [3.8, 4) is 0 Å². The average Bonchev–Trinajstić information content (AvgIpc) is 2.48. The van der Waals surface area contributed by atoms with Crippen molar-refractivity contribution in [3.05, 3.63) is 30.3 Å². The van der Waals surface area contributed by atoms with Gasteiger partial charge in [-0.25, -0.2) is 0 Å². The first-order valence-corrected chi connectivity index (χ1v) is 6.32. The second kappa shape index (κ2) is 6.04. The molecular formula is C13H19NO6. The van der Waals surface area contributed by atoms with Crippen LogP contribution < -0.4 is 5.32 Å². The zero-order valence-corrected chi connectivity index (χ0v) is 10.8. The summed E-state index contributed by atoms with van der Waals surface area (Å²) in [5, 5.41) is 51.4. The highest BCUT2D eigenvalue weighted by Gasteiger charge is 2.52. The Morgan fingerprint density at radius 1 is 1.10 bits per heavy atom. The second-order valence-electron chi connectivity index (χ2n) is 4.83. The summed E-state index contributed by atoms with van der Waals surface area (Å²) < 4.78 is 5.12. The first kappa shape index (κ1) is 15.2. The summed E-state index contributed by atoms with van der Waals surface area (Å²) in [5.41, 5.74) is 0.692. The maximum Gasteiger partial charge on any atom is 0.213 e. The third kappa shape index (κ3) is 2.93. The third-order valence-corrected chi connectivity index (χ3v) is 3.37. The molecule has 1 heterocycles. The number of hydrogen-bond acceptors (Lipinski definition) is 7. The van der Waals surface area contributed by atoms with Crippen molar-refractivity contribution in [2.75, 3.05) is 18.5 Å². The number of aliphatic hydroxyl groups excluding tert-OH is 4. The minimum Gasteiger partial charge on any atom is -0.394 e. The van der Waals surface area contributed by atoms with Crippen molar-refractivity contribution in [3.63, 3.8) is 0 Å². The van der Waals surface area contributed by atoms with Crippen molar-refractivity contribution in [1.82, 2.24) is 0 Å². The van der Waals surface area contributed by atoms with Gasteiger partial charge in [0.1, 0.15) is 24.4 Å². The quantitative estimate of drug-likeness (QED) is 0.388. The smallest absolute Gasteiger partial charge is 0.213 e. The van der Waals surface area contributed by atoms with Gasteiger partial charge in [0.05, 0.1) is 13.2 Å². The molecule has 0 saturated carbocycles. The van der Waals surface area contributed by atoms with Gasteiger partial charge in [-0.05, 0) is 12.1 Å². The van der Waals surface area contributed by atoms with Gasteiger partial charge in [0.15, 0.2) is 0 Å². The fourth-order valence-electron chi connectivity index (χ4n) is 2.15. The Morgan fingerprint density at radius 3 is 2.35 bits per heavy atom. The van der Waals surface area contributed by atoms with E-state index in [4.69, 9.17) is 9.84 Å². The van der Waals surface area contributed by atoms with Crippen LogP contribution >= 0.6 is 0 Å². The van der Waals surface area contributed by atoms with Crippen LogP contribution in [0.2, 0.25) is 0 Å². The van der Waals surface area contributed by atoms with E-state index in [9.17, 15) is 20.4 Å². The number of anilines is 1. The lowest BCUT2D eigenvalue weighted by Crippen LogP contribution is -2.67. The predicted molar refractivity (Wildman–Crippen MR) is 69.9 cm³/mol. The molecule has 0 bridgehead atoms. The lowest BCUT2D eigenvalue weighted by atomic mass is 9.92. The molecule has 5 atom stereocenters. The normalized spacial score (nSPS) is 37.6. The number of para-hydroxylation sites is 1. The molecule has 2 rings (SSSR count). The van der Waals surface area contributed by atoms with Crippen LogP contribution in [0.1, 0.15) is 0 Å². The maximum atomic E-state index is 10.3. The zero-order chi connectivity index (χ0) is 14.8. The molecule has 7 heteroatoms. The van der Waals surface area contributed by atoms with Gasteiger partial charge >= 0.3 is 0 Å². The van der Waals surface area contributed by atoms with Crippen LogP contribution in [0.3, 0.4) is 0 Å². The molecule has 1 aliphatic heterocycles. The summed E-state index contributed by atoms with van der Waals surface area (Å²) in [6.45, 7) is -0.795. The van der Waals surface area contributed by atoms with E-state index in [-0.39, 0.29) is 6.54 Å². The molecule has 1 saturated heterocycles. The summed E-state index contributed by atoms with van der Waals surface area (Å²) in [7, 11) is 0. The van der Waals surface area contributed by atoms with Crippen molar-refractivity contribution in [1.29, 1.82) is 0 Å². The molecular weight excluding hydrogens is 266 g/mol. The number of ether oxygens (including phenoxy) is 1. The fraction of sp³-hybridized carbons (Fsp3) is 0.538. The molecule has 1 fully saturated rings. The zero-order valence-electron chi connectivity index (χ0n) is 10.8. The van der Waals surface area contributed by atoms with E-state index in [1.54, 1.807) is 24.3 Å². The Hall–Kier alpha value is -1.22. The monoisotopic (exact) mass is 285 g/mol. The highest BCUT2D eigenvalue weighted by Crippen LogP contribution is 2.28. The topological polar surface area (TPSA) is 122 Å². The standard InChI is InChI=1S/C13H19NO6/c15-6-9-10(16)11(17)12(18)13(19,20-9)7-14-8-4-2-1-3-5-8/h1-5,9-12,14-19H,6-7H2/t9-,10-,11+,12+,13+/m1/s1. The molecule has 20 heavy (non-hydrogen) atoms. The number of aliphatic hydroxyl groups is 5. The molecule has 0 aliphatic carbocycles. The maximum absolute atomic E-state index is 10.3.